The predicted molar refractivity (Wildman–Crippen MR) is 62.9 cm³/mol. The molecule has 0 spiro atoms. The molecule has 2 rings (SSSR count). The first-order valence-corrected chi connectivity index (χ1v) is 5.67. The van der Waals surface area contributed by atoms with Gasteiger partial charge in [0.05, 0.1) is 5.92 Å². The minimum absolute atomic E-state index is 0.0226. The van der Waals surface area contributed by atoms with Crippen LogP contribution >= 0.6 is 11.6 Å². The number of halogens is 1. The number of hydrogen-bond acceptors (Lipinski definition) is 2. The Morgan fingerprint density at radius 3 is 2.88 bits per heavy atom. The number of hydrogen-bond donors (Lipinski definition) is 2. The van der Waals surface area contributed by atoms with E-state index in [4.69, 9.17) is 16.7 Å². The Balaban J connectivity index is 2.32. The molecule has 1 aromatic carbocycles. The first kappa shape index (κ1) is 11.4. The molecule has 4 heteroatoms. The highest BCUT2D eigenvalue weighted by atomic mass is 35.5. The number of carboxylic acids is 1. The van der Waals surface area contributed by atoms with E-state index in [0.717, 1.165) is 11.1 Å². The molecule has 1 aromatic rings. The monoisotopic (exact) mass is 239 g/mol. The molecule has 1 aliphatic rings. The van der Waals surface area contributed by atoms with Gasteiger partial charge in [-0.15, -0.1) is 0 Å². The molecule has 1 heterocycles. The van der Waals surface area contributed by atoms with Crippen molar-refractivity contribution in [1.82, 2.24) is 5.32 Å². The Hall–Kier alpha value is -1.06. The molecule has 86 valence electrons. The third-order valence-electron chi connectivity index (χ3n) is 3.09. The standard InChI is InChI=1S/C12H14ClNO2/c1-7-2-3-8(11(13)4-7)9-5-14-6-10(9)12(15)16/h2-4,9-10,14H,5-6H2,1H3,(H,15,16)/t9-,10-/m0/s1. The number of nitrogens with one attached hydrogen (secondary N) is 1. The number of benzene rings is 1. The second-order valence-corrected chi connectivity index (χ2v) is 4.64. The molecule has 0 saturated carbocycles. The maximum atomic E-state index is 11.1. The number of carboxylic acid groups (broad SMARTS) is 1. The number of aliphatic carboxylic acids is 1. The summed E-state index contributed by atoms with van der Waals surface area (Å²) >= 11 is 6.16. The molecule has 0 unspecified atom stereocenters. The number of rotatable bonds is 2. The van der Waals surface area contributed by atoms with Gasteiger partial charge in [0.25, 0.3) is 0 Å². The molecule has 1 saturated heterocycles. The Kier molecular flexibility index (Phi) is 3.17. The number of carbonyl (C=O) groups is 1. The van der Waals surface area contributed by atoms with Crippen LogP contribution in [0.25, 0.3) is 0 Å². The second-order valence-electron chi connectivity index (χ2n) is 4.23. The third kappa shape index (κ3) is 2.06. The van der Waals surface area contributed by atoms with Crippen LogP contribution in [0.3, 0.4) is 0 Å². The third-order valence-corrected chi connectivity index (χ3v) is 3.41. The van der Waals surface area contributed by atoms with Gasteiger partial charge in [0.1, 0.15) is 0 Å². The van der Waals surface area contributed by atoms with E-state index in [2.05, 4.69) is 5.32 Å². The largest absolute Gasteiger partial charge is 0.481 e. The Morgan fingerprint density at radius 1 is 1.50 bits per heavy atom. The van der Waals surface area contributed by atoms with Gasteiger partial charge in [0.2, 0.25) is 0 Å². The quantitative estimate of drug-likeness (QED) is 0.830. The van der Waals surface area contributed by atoms with Crippen LogP contribution < -0.4 is 5.32 Å². The van der Waals surface area contributed by atoms with Crippen molar-refractivity contribution in [3.8, 4) is 0 Å². The Bertz CT molecular complexity index is 419. The molecular weight excluding hydrogens is 226 g/mol. The first-order chi connectivity index (χ1) is 7.59. The molecular formula is C12H14ClNO2. The highest BCUT2D eigenvalue weighted by Gasteiger charge is 2.34. The van der Waals surface area contributed by atoms with Crippen molar-refractivity contribution in [2.24, 2.45) is 5.92 Å². The van der Waals surface area contributed by atoms with Gasteiger partial charge in [-0.1, -0.05) is 23.7 Å². The van der Waals surface area contributed by atoms with Gasteiger partial charge in [-0.2, -0.15) is 0 Å². The van der Waals surface area contributed by atoms with Crippen molar-refractivity contribution in [3.63, 3.8) is 0 Å². The summed E-state index contributed by atoms with van der Waals surface area (Å²) < 4.78 is 0. The summed E-state index contributed by atoms with van der Waals surface area (Å²) in [5.74, 6) is -1.16. The van der Waals surface area contributed by atoms with E-state index in [-0.39, 0.29) is 11.8 Å². The van der Waals surface area contributed by atoms with E-state index >= 15 is 0 Å². The van der Waals surface area contributed by atoms with Gasteiger partial charge in [0, 0.05) is 24.0 Å². The van der Waals surface area contributed by atoms with Crippen molar-refractivity contribution >= 4 is 17.6 Å². The smallest absolute Gasteiger partial charge is 0.308 e. The van der Waals surface area contributed by atoms with Crippen LogP contribution in [0.5, 0.6) is 0 Å². The summed E-state index contributed by atoms with van der Waals surface area (Å²) in [5, 5.41) is 12.9. The van der Waals surface area contributed by atoms with Crippen LogP contribution in [0, 0.1) is 12.8 Å². The molecule has 2 N–H and O–H groups in total. The molecule has 0 bridgehead atoms. The van der Waals surface area contributed by atoms with Crippen LogP contribution in [-0.2, 0) is 4.79 Å². The summed E-state index contributed by atoms with van der Waals surface area (Å²) in [7, 11) is 0. The fraction of sp³-hybridized carbons (Fsp3) is 0.417. The van der Waals surface area contributed by atoms with Crippen molar-refractivity contribution < 1.29 is 9.90 Å². The van der Waals surface area contributed by atoms with E-state index in [1.165, 1.54) is 0 Å². The second kappa shape index (κ2) is 4.44. The van der Waals surface area contributed by atoms with Gasteiger partial charge in [-0.25, -0.2) is 0 Å². The van der Waals surface area contributed by atoms with Crippen molar-refractivity contribution in [2.75, 3.05) is 13.1 Å². The fourth-order valence-electron chi connectivity index (χ4n) is 2.20. The van der Waals surface area contributed by atoms with E-state index in [9.17, 15) is 4.79 Å². The lowest BCUT2D eigenvalue weighted by molar-refractivity contribution is -0.141. The molecule has 0 radical (unpaired) electrons. The van der Waals surface area contributed by atoms with Crippen LogP contribution in [0.4, 0.5) is 0 Å². The average molecular weight is 240 g/mol. The predicted octanol–water partition coefficient (Wildman–Crippen LogP) is 2.04. The van der Waals surface area contributed by atoms with Crippen molar-refractivity contribution in [1.29, 1.82) is 0 Å². The van der Waals surface area contributed by atoms with Crippen LogP contribution in [-0.4, -0.2) is 24.2 Å². The van der Waals surface area contributed by atoms with Gasteiger partial charge in [0.15, 0.2) is 0 Å². The van der Waals surface area contributed by atoms with Crippen molar-refractivity contribution in [3.05, 3.63) is 34.3 Å². The lowest BCUT2D eigenvalue weighted by atomic mass is 9.88. The topological polar surface area (TPSA) is 49.3 Å². The zero-order valence-corrected chi connectivity index (χ0v) is 9.79. The zero-order chi connectivity index (χ0) is 11.7. The highest BCUT2D eigenvalue weighted by molar-refractivity contribution is 6.31. The van der Waals surface area contributed by atoms with Gasteiger partial charge in [-0.3, -0.25) is 4.79 Å². The van der Waals surface area contributed by atoms with Gasteiger partial charge < -0.3 is 10.4 Å². The average Bonchev–Trinajstić information content (AvgIpc) is 2.66. The minimum Gasteiger partial charge on any atom is -0.481 e. The normalized spacial score (nSPS) is 24.6. The molecule has 0 aliphatic carbocycles. The zero-order valence-electron chi connectivity index (χ0n) is 9.03. The summed E-state index contributed by atoms with van der Waals surface area (Å²) in [5.41, 5.74) is 2.02. The Morgan fingerprint density at radius 2 is 2.25 bits per heavy atom. The molecule has 3 nitrogen and oxygen atoms in total. The van der Waals surface area contributed by atoms with Crippen LogP contribution in [0.2, 0.25) is 5.02 Å². The summed E-state index contributed by atoms with van der Waals surface area (Å²) in [6, 6.07) is 5.79. The maximum Gasteiger partial charge on any atom is 0.308 e. The summed E-state index contributed by atoms with van der Waals surface area (Å²) in [4.78, 5) is 11.1. The molecule has 0 amide bonds. The molecule has 2 atom stereocenters. The lowest BCUT2D eigenvalue weighted by Gasteiger charge is -2.16. The van der Waals surface area contributed by atoms with Crippen LogP contribution in [0.1, 0.15) is 17.0 Å². The maximum absolute atomic E-state index is 11.1. The van der Waals surface area contributed by atoms with Gasteiger partial charge >= 0.3 is 5.97 Å². The van der Waals surface area contributed by atoms with Gasteiger partial charge in [-0.05, 0) is 24.1 Å². The van der Waals surface area contributed by atoms with E-state index in [1.807, 2.05) is 25.1 Å². The lowest BCUT2D eigenvalue weighted by Crippen LogP contribution is -2.21. The molecule has 0 aromatic heterocycles. The summed E-state index contributed by atoms with van der Waals surface area (Å²) in [6.07, 6.45) is 0. The van der Waals surface area contributed by atoms with E-state index in [0.29, 0.717) is 18.1 Å². The first-order valence-electron chi connectivity index (χ1n) is 5.29. The van der Waals surface area contributed by atoms with Crippen LogP contribution in [0.15, 0.2) is 18.2 Å². The van der Waals surface area contributed by atoms with E-state index in [1.54, 1.807) is 0 Å². The SMILES string of the molecule is Cc1ccc([C@@H]2CNC[C@@H]2C(=O)O)c(Cl)c1. The molecule has 16 heavy (non-hydrogen) atoms. The fourth-order valence-corrected chi connectivity index (χ4v) is 2.57. The molecule has 1 fully saturated rings. The summed E-state index contributed by atoms with van der Waals surface area (Å²) in [6.45, 7) is 3.17. The van der Waals surface area contributed by atoms with E-state index < -0.39 is 5.97 Å². The Labute approximate surface area is 99.4 Å². The number of aryl methyl sites for hydroxylation is 1. The van der Waals surface area contributed by atoms with Crippen molar-refractivity contribution in [2.45, 2.75) is 12.8 Å². The highest BCUT2D eigenvalue weighted by Crippen LogP contribution is 2.33. The minimum atomic E-state index is -0.758. The molecule has 1 aliphatic heterocycles.